The molecule has 5 nitrogen and oxygen atoms in total. The van der Waals surface area contributed by atoms with Gasteiger partial charge in [0.05, 0.1) is 12.7 Å². The van der Waals surface area contributed by atoms with Gasteiger partial charge in [0.15, 0.2) is 0 Å². The molecule has 6 heteroatoms. The van der Waals surface area contributed by atoms with E-state index in [1.54, 1.807) is 6.92 Å². The smallest absolute Gasteiger partial charge is 0.501 e. The van der Waals surface area contributed by atoms with Crippen LogP contribution < -0.4 is 4.43 Å². The van der Waals surface area contributed by atoms with Crippen LogP contribution in [0.25, 0.3) is 0 Å². The van der Waals surface area contributed by atoms with E-state index in [0.717, 1.165) is 25.7 Å². The van der Waals surface area contributed by atoms with E-state index in [-0.39, 0.29) is 6.61 Å². The van der Waals surface area contributed by atoms with Gasteiger partial charge >= 0.3 is 14.8 Å². The van der Waals surface area contributed by atoms with Crippen LogP contribution in [0.3, 0.4) is 0 Å². The van der Waals surface area contributed by atoms with Gasteiger partial charge in [-0.25, -0.2) is 4.79 Å². The quantitative estimate of drug-likeness (QED) is 0.202. The second-order valence-corrected chi connectivity index (χ2v) is 8.82. The molecule has 0 radical (unpaired) electrons. The number of unbranched alkanes of at least 4 members (excludes halogenated alkanes) is 2. The third-order valence-electron chi connectivity index (χ3n) is 3.65. The minimum atomic E-state index is -3.02. The van der Waals surface area contributed by atoms with Crippen LogP contribution in [0.2, 0.25) is 6.04 Å². The molecule has 0 N–H and O–H groups in total. The highest BCUT2D eigenvalue weighted by molar-refractivity contribution is 6.61. The van der Waals surface area contributed by atoms with Crippen LogP contribution in [0.15, 0.2) is 42.5 Å². The minimum absolute atomic E-state index is 0.184. The van der Waals surface area contributed by atoms with Crippen molar-refractivity contribution >= 4 is 14.8 Å². The summed E-state index contributed by atoms with van der Waals surface area (Å²) in [5.74, 6) is 0.299. The molecule has 0 heterocycles. The maximum Gasteiger partial charge on any atom is 0.569 e. The van der Waals surface area contributed by atoms with Crippen molar-refractivity contribution in [2.24, 2.45) is 0 Å². The first-order valence-corrected chi connectivity index (χ1v) is 11.3. The molecular formula is C20H32O5Si. The van der Waals surface area contributed by atoms with Crippen molar-refractivity contribution in [2.45, 2.75) is 52.5 Å². The summed E-state index contributed by atoms with van der Waals surface area (Å²) in [5, 5.41) is 0. The number of esters is 1. The Bertz CT molecular complexity index is 522. The number of rotatable bonds is 14. The average molecular weight is 381 g/mol. The van der Waals surface area contributed by atoms with Gasteiger partial charge in [-0.15, -0.1) is 0 Å². The largest absolute Gasteiger partial charge is 0.569 e. The Balaban J connectivity index is 2.86. The molecule has 0 spiro atoms. The van der Waals surface area contributed by atoms with E-state index in [4.69, 9.17) is 18.0 Å². The van der Waals surface area contributed by atoms with Gasteiger partial charge in [-0.1, -0.05) is 51.5 Å². The van der Waals surface area contributed by atoms with E-state index in [0.29, 0.717) is 30.6 Å². The molecule has 0 fully saturated rings. The molecule has 0 bridgehead atoms. The van der Waals surface area contributed by atoms with Crippen LogP contribution in [0.5, 0.6) is 5.75 Å². The molecule has 0 aliphatic carbocycles. The fourth-order valence-electron chi connectivity index (χ4n) is 2.10. The van der Waals surface area contributed by atoms with Crippen molar-refractivity contribution in [1.29, 1.82) is 0 Å². The van der Waals surface area contributed by atoms with Crippen molar-refractivity contribution in [3.8, 4) is 5.75 Å². The lowest BCUT2D eigenvalue weighted by molar-refractivity contribution is -0.138. The number of carbonyl (C=O) groups excluding carboxylic acids is 1. The average Bonchev–Trinajstić information content (AvgIpc) is 2.63. The van der Waals surface area contributed by atoms with Crippen molar-refractivity contribution in [3.05, 3.63) is 42.5 Å². The highest BCUT2D eigenvalue weighted by Gasteiger charge is 2.44. The van der Waals surface area contributed by atoms with E-state index in [9.17, 15) is 4.79 Å². The Morgan fingerprint density at radius 1 is 1.00 bits per heavy atom. The first kappa shape index (κ1) is 22.4. The number of carbonyl (C=O) groups is 1. The minimum Gasteiger partial charge on any atom is -0.501 e. The van der Waals surface area contributed by atoms with Gasteiger partial charge < -0.3 is 18.0 Å². The van der Waals surface area contributed by atoms with Crippen LogP contribution >= 0.6 is 0 Å². The summed E-state index contributed by atoms with van der Waals surface area (Å²) >= 11 is 0. The first-order chi connectivity index (χ1) is 12.5. The zero-order chi connectivity index (χ0) is 19.3. The van der Waals surface area contributed by atoms with E-state index < -0.39 is 14.8 Å². The molecule has 1 aromatic rings. The predicted molar refractivity (Wildman–Crippen MR) is 105 cm³/mol. The summed E-state index contributed by atoms with van der Waals surface area (Å²) in [7, 11) is -3.02. The Kier molecular flexibility index (Phi) is 10.9. The number of para-hydroxylation sites is 1. The number of hydrogen-bond acceptors (Lipinski definition) is 5. The van der Waals surface area contributed by atoms with E-state index in [1.165, 1.54) is 0 Å². The highest BCUT2D eigenvalue weighted by atomic mass is 28.4. The molecule has 0 atom stereocenters. The molecule has 26 heavy (non-hydrogen) atoms. The third kappa shape index (κ3) is 8.65. The summed E-state index contributed by atoms with van der Waals surface area (Å²) < 4.78 is 23.8. The lowest BCUT2D eigenvalue weighted by Crippen LogP contribution is -2.50. The maximum atomic E-state index is 11.7. The van der Waals surface area contributed by atoms with Gasteiger partial charge in [-0.2, -0.15) is 0 Å². The Morgan fingerprint density at radius 2 is 1.58 bits per heavy atom. The Morgan fingerprint density at radius 3 is 2.08 bits per heavy atom. The molecule has 1 aromatic carbocycles. The molecule has 0 aliphatic rings. The van der Waals surface area contributed by atoms with Gasteiger partial charge in [0.2, 0.25) is 0 Å². The molecule has 1 rings (SSSR count). The van der Waals surface area contributed by atoms with E-state index >= 15 is 0 Å². The summed E-state index contributed by atoms with van der Waals surface area (Å²) in [6, 6.07) is 9.93. The first-order valence-electron chi connectivity index (χ1n) is 9.37. The lowest BCUT2D eigenvalue weighted by atomic mass is 10.3. The summed E-state index contributed by atoms with van der Waals surface area (Å²) in [6.45, 7) is 10.8. The fraction of sp³-hybridized carbons (Fsp3) is 0.550. The van der Waals surface area contributed by atoms with Gasteiger partial charge in [0.1, 0.15) is 5.75 Å². The molecule has 0 unspecified atom stereocenters. The zero-order valence-corrected chi connectivity index (χ0v) is 17.3. The molecule has 0 saturated heterocycles. The molecule has 0 aromatic heterocycles. The highest BCUT2D eigenvalue weighted by Crippen LogP contribution is 2.22. The monoisotopic (exact) mass is 380 g/mol. The second-order valence-electron chi connectivity index (χ2n) is 6.17. The predicted octanol–water partition coefficient (Wildman–Crippen LogP) is 4.76. The van der Waals surface area contributed by atoms with Crippen LogP contribution in [0.1, 0.15) is 46.5 Å². The normalized spacial score (nSPS) is 11.2. The van der Waals surface area contributed by atoms with Crippen molar-refractivity contribution < 1.29 is 22.8 Å². The van der Waals surface area contributed by atoms with Crippen molar-refractivity contribution in [1.82, 2.24) is 0 Å². The molecule has 0 saturated carbocycles. The molecule has 0 aliphatic heterocycles. The number of ether oxygens (including phenoxy) is 1. The standard InChI is InChI=1S/C20H32O5Si/c1-5-7-14-23-26(24-15-8-6-2,17-16-22-20(21)18(3)4)25-19-12-10-9-11-13-19/h9-13H,3,5-8,14-17H2,1-2,4H3. The molecule has 0 amide bonds. The van der Waals surface area contributed by atoms with Crippen LogP contribution in [-0.4, -0.2) is 34.6 Å². The maximum absolute atomic E-state index is 11.7. The van der Waals surface area contributed by atoms with Gasteiger partial charge in [-0.05, 0) is 31.9 Å². The summed E-state index contributed by atoms with van der Waals surface area (Å²) in [4.78, 5) is 11.7. The number of hydrogen-bond donors (Lipinski definition) is 0. The van der Waals surface area contributed by atoms with Crippen LogP contribution in [0, 0.1) is 0 Å². The second kappa shape index (κ2) is 12.7. The fourth-order valence-corrected chi connectivity index (χ4v) is 4.45. The molecule has 146 valence electrons. The Hall–Kier alpha value is -1.63. The zero-order valence-electron chi connectivity index (χ0n) is 16.3. The third-order valence-corrected chi connectivity index (χ3v) is 6.30. The van der Waals surface area contributed by atoms with Crippen molar-refractivity contribution in [3.63, 3.8) is 0 Å². The topological polar surface area (TPSA) is 54.0 Å². The van der Waals surface area contributed by atoms with E-state index in [1.807, 2.05) is 30.3 Å². The Labute approximate surface area is 158 Å². The summed E-state index contributed by atoms with van der Waals surface area (Å²) in [6.07, 6.45) is 3.90. The van der Waals surface area contributed by atoms with Crippen LogP contribution in [-0.2, 0) is 18.4 Å². The SMILES string of the molecule is C=C(C)C(=O)OCC[Si](OCCCC)(OCCCC)Oc1ccccc1. The summed E-state index contributed by atoms with van der Waals surface area (Å²) in [5.41, 5.74) is 0.375. The molecular weight excluding hydrogens is 348 g/mol. The van der Waals surface area contributed by atoms with Gasteiger partial charge in [0, 0.05) is 18.8 Å². The lowest BCUT2D eigenvalue weighted by Gasteiger charge is -2.30. The number of benzene rings is 1. The van der Waals surface area contributed by atoms with Crippen LogP contribution in [0.4, 0.5) is 0 Å². The van der Waals surface area contributed by atoms with Gasteiger partial charge in [0.25, 0.3) is 0 Å². The van der Waals surface area contributed by atoms with Crippen molar-refractivity contribution in [2.75, 3.05) is 19.8 Å². The van der Waals surface area contributed by atoms with E-state index in [2.05, 4.69) is 20.4 Å². The van der Waals surface area contributed by atoms with Gasteiger partial charge in [-0.3, -0.25) is 0 Å².